The van der Waals surface area contributed by atoms with Crippen LogP contribution in [0.25, 0.3) is 0 Å². The summed E-state index contributed by atoms with van der Waals surface area (Å²) in [5.41, 5.74) is 3.42. The second-order valence-electron chi connectivity index (χ2n) is 5.84. The second kappa shape index (κ2) is 8.15. The minimum atomic E-state index is -0.779. The molecule has 0 atom stereocenters. The Morgan fingerprint density at radius 2 is 1.62 bits per heavy atom. The van der Waals surface area contributed by atoms with Gasteiger partial charge in [-0.3, -0.25) is 9.59 Å². The van der Waals surface area contributed by atoms with Gasteiger partial charge in [0.15, 0.2) is 0 Å². The quantitative estimate of drug-likeness (QED) is 0.818. The highest BCUT2D eigenvalue weighted by Crippen LogP contribution is 2.15. The number of benzene rings is 2. The Morgan fingerprint density at radius 1 is 1.00 bits per heavy atom. The van der Waals surface area contributed by atoms with Gasteiger partial charge in [0, 0.05) is 37.5 Å². The van der Waals surface area contributed by atoms with Crippen LogP contribution < -0.4 is 10.2 Å². The van der Waals surface area contributed by atoms with Gasteiger partial charge in [-0.05, 0) is 54.8 Å². The van der Waals surface area contributed by atoms with E-state index in [1.54, 1.807) is 12.1 Å². The number of carbonyl (C=O) groups is 2. The van der Waals surface area contributed by atoms with E-state index in [1.165, 1.54) is 0 Å². The first kappa shape index (κ1) is 17.5. The first-order chi connectivity index (χ1) is 11.5. The number of hydrogen-bond acceptors (Lipinski definition) is 3. The minimum absolute atomic E-state index is 0.154. The molecule has 0 unspecified atom stereocenters. The zero-order valence-corrected chi connectivity index (χ0v) is 14.0. The van der Waals surface area contributed by atoms with Crippen molar-refractivity contribution in [2.75, 3.05) is 24.3 Å². The third-order valence-corrected chi connectivity index (χ3v) is 3.71. The van der Waals surface area contributed by atoms with E-state index in [9.17, 15) is 9.59 Å². The number of aryl methyl sites for hydroxylation is 1. The van der Waals surface area contributed by atoms with Crippen LogP contribution in [-0.2, 0) is 11.2 Å². The molecule has 0 fully saturated rings. The number of carboxylic acids is 1. The molecule has 5 nitrogen and oxygen atoms in total. The molecular weight excluding hydrogens is 304 g/mol. The predicted molar refractivity (Wildman–Crippen MR) is 95.7 cm³/mol. The summed E-state index contributed by atoms with van der Waals surface area (Å²) in [5.74, 6) is -0.932. The fraction of sp³-hybridized carbons (Fsp3) is 0.263. The smallest absolute Gasteiger partial charge is 0.303 e. The van der Waals surface area contributed by atoms with Gasteiger partial charge in [0.1, 0.15) is 0 Å². The van der Waals surface area contributed by atoms with Crippen LogP contribution in [0.5, 0.6) is 0 Å². The van der Waals surface area contributed by atoms with Crippen molar-refractivity contribution in [1.29, 1.82) is 0 Å². The van der Waals surface area contributed by atoms with Crippen molar-refractivity contribution < 1.29 is 14.7 Å². The van der Waals surface area contributed by atoms with Gasteiger partial charge >= 0.3 is 5.97 Å². The van der Waals surface area contributed by atoms with Crippen molar-refractivity contribution in [2.24, 2.45) is 0 Å². The highest BCUT2D eigenvalue weighted by Gasteiger charge is 2.07. The maximum Gasteiger partial charge on any atom is 0.303 e. The van der Waals surface area contributed by atoms with Crippen molar-refractivity contribution >= 4 is 23.3 Å². The lowest BCUT2D eigenvalue weighted by atomic mass is 10.1. The summed E-state index contributed by atoms with van der Waals surface area (Å²) >= 11 is 0. The highest BCUT2D eigenvalue weighted by atomic mass is 16.4. The van der Waals surface area contributed by atoms with Gasteiger partial charge in [0.05, 0.1) is 0 Å². The van der Waals surface area contributed by atoms with E-state index in [-0.39, 0.29) is 12.3 Å². The van der Waals surface area contributed by atoms with Crippen molar-refractivity contribution in [2.45, 2.75) is 19.3 Å². The summed E-state index contributed by atoms with van der Waals surface area (Å²) < 4.78 is 0. The zero-order chi connectivity index (χ0) is 17.5. The Kier molecular flexibility index (Phi) is 5.95. The Morgan fingerprint density at radius 3 is 2.17 bits per heavy atom. The summed E-state index contributed by atoms with van der Waals surface area (Å²) in [7, 11) is 3.90. The molecule has 2 aromatic rings. The predicted octanol–water partition coefficient (Wildman–Crippen LogP) is 3.41. The van der Waals surface area contributed by atoms with Crippen molar-refractivity contribution in [3.8, 4) is 0 Å². The molecule has 24 heavy (non-hydrogen) atoms. The summed E-state index contributed by atoms with van der Waals surface area (Å²) in [6, 6.07) is 14.9. The molecule has 2 aromatic carbocycles. The fourth-order valence-electron chi connectivity index (χ4n) is 2.31. The zero-order valence-electron chi connectivity index (χ0n) is 14.0. The normalized spacial score (nSPS) is 10.2. The highest BCUT2D eigenvalue weighted by molar-refractivity contribution is 6.04. The molecule has 0 aromatic heterocycles. The van der Waals surface area contributed by atoms with Crippen molar-refractivity contribution in [1.82, 2.24) is 0 Å². The van der Waals surface area contributed by atoms with Crippen LogP contribution in [0.3, 0.4) is 0 Å². The van der Waals surface area contributed by atoms with Crippen LogP contribution in [0.4, 0.5) is 11.4 Å². The Hall–Kier alpha value is -2.82. The van der Waals surface area contributed by atoms with Crippen molar-refractivity contribution in [3.63, 3.8) is 0 Å². The summed E-state index contributed by atoms with van der Waals surface area (Å²) in [6.45, 7) is 0. The van der Waals surface area contributed by atoms with Crippen molar-refractivity contribution in [3.05, 3.63) is 59.7 Å². The number of amides is 1. The van der Waals surface area contributed by atoms with E-state index in [0.29, 0.717) is 18.4 Å². The van der Waals surface area contributed by atoms with Gasteiger partial charge in [0.2, 0.25) is 0 Å². The number of carboxylic acid groups (broad SMARTS) is 1. The molecule has 0 saturated carbocycles. The molecule has 2 rings (SSSR count). The number of nitrogens with one attached hydrogen (secondary N) is 1. The molecule has 0 aliphatic rings. The number of carbonyl (C=O) groups excluding carboxylic acids is 1. The molecule has 0 aliphatic carbocycles. The van der Waals surface area contributed by atoms with Gasteiger partial charge in [0.25, 0.3) is 5.91 Å². The van der Waals surface area contributed by atoms with E-state index < -0.39 is 5.97 Å². The molecule has 0 heterocycles. The van der Waals surface area contributed by atoms with E-state index in [0.717, 1.165) is 16.9 Å². The molecule has 0 aliphatic heterocycles. The topological polar surface area (TPSA) is 69.6 Å². The van der Waals surface area contributed by atoms with Crippen LogP contribution in [0.15, 0.2) is 48.5 Å². The molecule has 1 amide bonds. The molecule has 126 valence electrons. The maximum atomic E-state index is 12.2. The third-order valence-electron chi connectivity index (χ3n) is 3.71. The SMILES string of the molecule is CN(C)c1ccc(C(=O)Nc2ccc(CCCC(=O)O)cc2)cc1. The van der Waals surface area contributed by atoms with Crippen LogP contribution in [0.2, 0.25) is 0 Å². The van der Waals surface area contributed by atoms with Gasteiger partial charge < -0.3 is 15.3 Å². The van der Waals surface area contributed by atoms with Gasteiger partial charge in [-0.2, -0.15) is 0 Å². The lowest BCUT2D eigenvalue weighted by Crippen LogP contribution is -2.13. The Labute approximate surface area is 141 Å². The number of anilines is 2. The minimum Gasteiger partial charge on any atom is -0.481 e. The van der Waals surface area contributed by atoms with Crippen LogP contribution in [0.1, 0.15) is 28.8 Å². The summed E-state index contributed by atoms with van der Waals surface area (Å²) in [6.07, 6.45) is 1.49. The van der Waals surface area contributed by atoms with E-state index >= 15 is 0 Å². The molecular formula is C19H22N2O3. The van der Waals surface area contributed by atoms with Gasteiger partial charge in [-0.25, -0.2) is 0 Å². The number of hydrogen-bond donors (Lipinski definition) is 2. The molecule has 5 heteroatoms. The third kappa shape index (κ3) is 5.12. The lowest BCUT2D eigenvalue weighted by Gasteiger charge is -2.12. The van der Waals surface area contributed by atoms with Gasteiger partial charge in [-0.1, -0.05) is 12.1 Å². The lowest BCUT2D eigenvalue weighted by molar-refractivity contribution is -0.137. The monoisotopic (exact) mass is 326 g/mol. The number of rotatable bonds is 7. The summed E-state index contributed by atoms with van der Waals surface area (Å²) in [4.78, 5) is 24.7. The molecule has 2 N–H and O–H groups in total. The molecule has 0 saturated heterocycles. The van der Waals surface area contributed by atoms with E-state index in [2.05, 4.69) is 5.32 Å². The number of nitrogens with zero attached hydrogens (tertiary/aromatic N) is 1. The van der Waals surface area contributed by atoms with Crippen LogP contribution in [0, 0.1) is 0 Å². The molecule has 0 bridgehead atoms. The Bertz CT molecular complexity index is 692. The average molecular weight is 326 g/mol. The number of aliphatic carboxylic acids is 1. The largest absolute Gasteiger partial charge is 0.481 e. The molecule has 0 spiro atoms. The fourth-order valence-corrected chi connectivity index (χ4v) is 2.31. The Balaban J connectivity index is 1.92. The standard InChI is InChI=1S/C19H22N2O3/c1-21(2)17-12-8-15(9-13-17)19(24)20-16-10-6-14(7-11-16)4-3-5-18(22)23/h6-13H,3-5H2,1-2H3,(H,20,24)(H,22,23). The second-order valence-corrected chi connectivity index (χ2v) is 5.84. The summed E-state index contributed by atoms with van der Waals surface area (Å²) in [5, 5.41) is 11.5. The van der Waals surface area contributed by atoms with Gasteiger partial charge in [-0.15, -0.1) is 0 Å². The first-order valence-electron chi connectivity index (χ1n) is 7.85. The average Bonchev–Trinajstić information content (AvgIpc) is 2.56. The maximum absolute atomic E-state index is 12.2. The molecule has 0 radical (unpaired) electrons. The van der Waals surface area contributed by atoms with Crippen LogP contribution >= 0.6 is 0 Å². The van der Waals surface area contributed by atoms with E-state index in [1.807, 2.05) is 55.4 Å². The van der Waals surface area contributed by atoms with Crippen LogP contribution in [-0.4, -0.2) is 31.1 Å². The first-order valence-corrected chi connectivity index (χ1v) is 7.85. The van der Waals surface area contributed by atoms with E-state index in [4.69, 9.17) is 5.11 Å².